The van der Waals surface area contributed by atoms with Gasteiger partial charge in [0.15, 0.2) is 11.0 Å². The second kappa shape index (κ2) is 5.47. The maximum atomic E-state index is 5.99. The van der Waals surface area contributed by atoms with Crippen LogP contribution < -0.4 is 4.90 Å². The van der Waals surface area contributed by atoms with E-state index in [-0.39, 0.29) is 0 Å². The van der Waals surface area contributed by atoms with E-state index in [1.54, 1.807) is 12.4 Å². The summed E-state index contributed by atoms with van der Waals surface area (Å²) >= 11 is 9.40. The molecule has 0 radical (unpaired) electrons. The maximum Gasteiger partial charge on any atom is 0.171 e. The molecular weight excluding hydrogens is 302 g/mol. The molecule has 0 saturated carbocycles. The molecule has 0 aliphatic rings. The molecule has 5 heteroatoms. The van der Waals surface area contributed by atoms with Gasteiger partial charge in [-0.05, 0) is 17.7 Å². The number of nitrogens with zero attached hydrogens (tertiary/aromatic N) is 3. The highest BCUT2D eigenvalue weighted by atomic mass is 79.9. The van der Waals surface area contributed by atoms with Crippen LogP contribution in [-0.2, 0) is 6.54 Å². The Morgan fingerprint density at radius 3 is 2.47 bits per heavy atom. The van der Waals surface area contributed by atoms with Crippen LogP contribution in [0.25, 0.3) is 0 Å². The van der Waals surface area contributed by atoms with Gasteiger partial charge >= 0.3 is 0 Å². The first kappa shape index (κ1) is 12.3. The van der Waals surface area contributed by atoms with Gasteiger partial charge < -0.3 is 4.90 Å². The monoisotopic (exact) mass is 311 g/mol. The van der Waals surface area contributed by atoms with Crippen molar-refractivity contribution in [1.82, 2.24) is 9.97 Å². The number of hydrogen-bond donors (Lipinski definition) is 0. The van der Waals surface area contributed by atoms with Crippen LogP contribution in [0, 0.1) is 0 Å². The summed E-state index contributed by atoms with van der Waals surface area (Å²) < 4.78 is 1.07. The minimum atomic E-state index is 0.423. The maximum absolute atomic E-state index is 5.99. The van der Waals surface area contributed by atoms with Gasteiger partial charge in [-0.1, -0.05) is 39.7 Å². The molecule has 0 atom stereocenters. The standard InChI is InChI=1S/C12H11BrClN3/c1-17(12-11(14)15-6-7-16-12)8-9-2-4-10(13)5-3-9/h2-7H,8H2,1H3. The van der Waals surface area contributed by atoms with E-state index in [0.29, 0.717) is 11.0 Å². The van der Waals surface area contributed by atoms with E-state index in [4.69, 9.17) is 11.6 Å². The molecule has 0 N–H and O–H groups in total. The first-order chi connectivity index (χ1) is 8.16. The highest BCUT2D eigenvalue weighted by molar-refractivity contribution is 9.10. The lowest BCUT2D eigenvalue weighted by Gasteiger charge is -2.18. The third-order valence-electron chi connectivity index (χ3n) is 2.33. The number of aromatic nitrogens is 2. The van der Waals surface area contributed by atoms with Crippen molar-refractivity contribution >= 4 is 33.3 Å². The van der Waals surface area contributed by atoms with E-state index in [0.717, 1.165) is 11.0 Å². The van der Waals surface area contributed by atoms with Crippen molar-refractivity contribution in [2.45, 2.75) is 6.54 Å². The predicted molar refractivity (Wildman–Crippen MR) is 73.3 cm³/mol. The SMILES string of the molecule is CN(Cc1ccc(Br)cc1)c1nccnc1Cl. The van der Waals surface area contributed by atoms with Gasteiger partial charge in [0, 0.05) is 30.5 Å². The summed E-state index contributed by atoms with van der Waals surface area (Å²) in [7, 11) is 1.94. The molecule has 3 nitrogen and oxygen atoms in total. The van der Waals surface area contributed by atoms with Gasteiger partial charge in [0.1, 0.15) is 0 Å². The summed E-state index contributed by atoms with van der Waals surface area (Å²) in [4.78, 5) is 10.2. The third-order valence-corrected chi connectivity index (χ3v) is 3.13. The highest BCUT2D eigenvalue weighted by Crippen LogP contribution is 2.20. The molecule has 88 valence electrons. The molecule has 0 spiro atoms. The predicted octanol–water partition coefficient (Wildman–Crippen LogP) is 3.53. The molecule has 0 unspecified atom stereocenters. The van der Waals surface area contributed by atoms with Crippen molar-refractivity contribution < 1.29 is 0 Å². The molecule has 2 aromatic rings. The minimum Gasteiger partial charge on any atom is -0.353 e. The Kier molecular flexibility index (Phi) is 3.97. The third kappa shape index (κ3) is 3.17. The van der Waals surface area contributed by atoms with Gasteiger partial charge in [-0.2, -0.15) is 0 Å². The Morgan fingerprint density at radius 1 is 1.18 bits per heavy atom. The van der Waals surface area contributed by atoms with Gasteiger partial charge in [-0.15, -0.1) is 0 Å². The summed E-state index contributed by atoms with van der Waals surface area (Å²) in [6.45, 7) is 0.742. The van der Waals surface area contributed by atoms with Crippen LogP contribution in [0.5, 0.6) is 0 Å². The lowest BCUT2D eigenvalue weighted by atomic mass is 10.2. The van der Waals surface area contributed by atoms with Gasteiger partial charge in [0.05, 0.1) is 0 Å². The van der Waals surface area contributed by atoms with E-state index in [1.165, 1.54) is 5.56 Å². The van der Waals surface area contributed by atoms with Crippen LogP contribution in [0.2, 0.25) is 5.15 Å². The van der Waals surface area contributed by atoms with Crippen molar-refractivity contribution in [2.75, 3.05) is 11.9 Å². The number of anilines is 1. The molecule has 0 aliphatic heterocycles. The van der Waals surface area contributed by atoms with Crippen molar-refractivity contribution in [1.29, 1.82) is 0 Å². The number of halogens is 2. The summed E-state index contributed by atoms with van der Waals surface area (Å²) in [6.07, 6.45) is 3.22. The first-order valence-corrected chi connectivity index (χ1v) is 6.26. The van der Waals surface area contributed by atoms with E-state index in [1.807, 2.05) is 24.1 Å². The van der Waals surface area contributed by atoms with E-state index < -0.39 is 0 Å². The number of benzene rings is 1. The van der Waals surface area contributed by atoms with Crippen LogP contribution in [0.15, 0.2) is 41.1 Å². The lowest BCUT2D eigenvalue weighted by molar-refractivity contribution is 0.890. The van der Waals surface area contributed by atoms with Gasteiger partial charge in [-0.25, -0.2) is 9.97 Å². The summed E-state index contributed by atoms with van der Waals surface area (Å²) in [5.74, 6) is 0.692. The molecule has 0 fully saturated rings. The highest BCUT2D eigenvalue weighted by Gasteiger charge is 2.08. The number of rotatable bonds is 3. The second-order valence-corrected chi connectivity index (χ2v) is 4.93. The molecule has 17 heavy (non-hydrogen) atoms. The van der Waals surface area contributed by atoms with Crippen LogP contribution in [-0.4, -0.2) is 17.0 Å². The Hall–Kier alpha value is -1.13. The molecular formula is C12H11BrClN3. The molecule has 2 rings (SSSR count). The Morgan fingerprint density at radius 2 is 1.82 bits per heavy atom. The van der Waals surface area contributed by atoms with Gasteiger partial charge in [-0.3, -0.25) is 0 Å². The van der Waals surface area contributed by atoms with Crippen molar-refractivity contribution in [3.8, 4) is 0 Å². The second-order valence-electron chi connectivity index (χ2n) is 3.65. The Labute approximate surface area is 114 Å². The smallest absolute Gasteiger partial charge is 0.171 e. The zero-order valence-corrected chi connectivity index (χ0v) is 11.6. The van der Waals surface area contributed by atoms with Crippen molar-refractivity contribution in [2.24, 2.45) is 0 Å². The van der Waals surface area contributed by atoms with Crippen molar-refractivity contribution in [3.63, 3.8) is 0 Å². The fraction of sp³-hybridized carbons (Fsp3) is 0.167. The fourth-order valence-electron chi connectivity index (χ4n) is 1.51. The average molecular weight is 313 g/mol. The van der Waals surface area contributed by atoms with Gasteiger partial charge in [0.2, 0.25) is 0 Å². The zero-order chi connectivity index (χ0) is 12.3. The summed E-state index contributed by atoms with van der Waals surface area (Å²) in [5, 5.41) is 0.423. The van der Waals surface area contributed by atoms with Crippen LogP contribution >= 0.6 is 27.5 Å². The summed E-state index contributed by atoms with van der Waals surface area (Å²) in [5.41, 5.74) is 1.19. The largest absolute Gasteiger partial charge is 0.353 e. The van der Waals surface area contributed by atoms with Crippen LogP contribution in [0.4, 0.5) is 5.82 Å². The number of hydrogen-bond acceptors (Lipinski definition) is 3. The molecule has 0 saturated heterocycles. The zero-order valence-electron chi connectivity index (χ0n) is 9.27. The lowest BCUT2D eigenvalue weighted by Crippen LogP contribution is -2.18. The van der Waals surface area contributed by atoms with Gasteiger partial charge in [0.25, 0.3) is 0 Å². The summed E-state index contributed by atoms with van der Waals surface area (Å²) in [6, 6.07) is 8.15. The van der Waals surface area contributed by atoms with Crippen LogP contribution in [0.3, 0.4) is 0 Å². The van der Waals surface area contributed by atoms with E-state index in [2.05, 4.69) is 38.0 Å². The molecule has 0 bridgehead atoms. The normalized spacial score (nSPS) is 10.3. The topological polar surface area (TPSA) is 29.0 Å². The molecule has 0 aliphatic carbocycles. The molecule has 0 amide bonds. The quantitative estimate of drug-likeness (QED) is 0.868. The Bertz CT molecular complexity index is 501. The Balaban J connectivity index is 2.14. The van der Waals surface area contributed by atoms with Crippen LogP contribution in [0.1, 0.15) is 5.56 Å². The first-order valence-electron chi connectivity index (χ1n) is 5.09. The molecule has 1 heterocycles. The van der Waals surface area contributed by atoms with E-state index >= 15 is 0 Å². The molecule has 1 aromatic carbocycles. The average Bonchev–Trinajstić information content (AvgIpc) is 2.32. The minimum absolute atomic E-state index is 0.423. The fourth-order valence-corrected chi connectivity index (χ4v) is 2.02. The van der Waals surface area contributed by atoms with E-state index in [9.17, 15) is 0 Å². The molecule has 1 aromatic heterocycles. The van der Waals surface area contributed by atoms with Crippen molar-refractivity contribution in [3.05, 3.63) is 51.8 Å².